The van der Waals surface area contributed by atoms with Crippen LogP contribution in [0, 0.1) is 0 Å². The quantitative estimate of drug-likeness (QED) is 0.401. The second-order valence-corrected chi connectivity index (χ2v) is 9.75. The van der Waals surface area contributed by atoms with Crippen molar-refractivity contribution in [2.75, 3.05) is 25.0 Å². The van der Waals surface area contributed by atoms with Crippen molar-refractivity contribution >= 4 is 55.8 Å². The van der Waals surface area contributed by atoms with Crippen LogP contribution in [0.4, 0.5) is 5.82 Å². The first kappa shape index (κ1) is 22.9. The van der Waals surface area contributed by atoms with Gasteiger partial charge in [0.15, 0.2) is 5.82 Å². The molecule has 0 saturated carbocycles. The molecule has 2 N–H and O–H groups in total. The molecule has 0 bridgehead atoms. The van der Waals surface area contributed by atoms with Crippen molar-refractivity contribution in [1.82, 2.24) is 30.2 Å². The second kappa shape index (κ2) is 9.77. The molecule has 0 aliphatic carbocycles. The number of nitrogens with one attached hydrogen (secondary N) is 2. The molecule has 176 valence electrons. The van der Waals surface area contributed by atoms with Gasteiger partial charge in [0.05, 0.1) is 22.3 Å². The van der Waals surface area contributed by atoms with Crippen LogP contribution in [0.2, 0.25) is 5.02 Å². The topological polar surface area (TPSA) is 95.9 Å². The summed E-state index contributed by atoms with van der Waals surface area (Å²) in [5.41, 5.74) is 3.55. The van der Waals surface area contributed by atoms with Crippen molar-refractivity contribution in [3.8, 4) is 0 Å². The molecule has 3 aromatic heterocycles. The minimum atomic E-state index is -0.220. The standard InChI is InChI=1S/C24H26ClN7OS/c1-3-32-9-7-16(8-10-32)30-23(33)20-19-15(5-4-6-17(19)25)11-18(31-20)14(2)29-22-21-24(27-12-26-22)34-13-28-21/h4-6,11-14,16H,3,7-10H2,1-2H3,(H,30,33)(H,26,27,29). The Kier molecular flexibility index (Phi) is 6.58. The maximum absolute atomic E-state index is 13.4. The minimum Gasteiger partial charge on any atom is -0.360 e. The number of piperidine rings is 1. The number of likely N-dealkylation sites (tertiary alicyclic amines) is 1. The zero-order valence-corrected chi connectivity index (χ0v) is 20.7. The van der Waals surface area contributed by atoms with Gasteiger partial charge in [-0.15, -0.1) is 11.3 Å². The van der Waals surface area contributed by atoms with E-state index in [2.05, 4.69) is 37.4 Å². The van der Waals surface area contributed by atoms with Gasteiger partial charge in [0.2, 0.25) is 0 Å². The Morgan fingerprint density at radius 3 is 2.88 bits per heavy atom. The van der Waals surface area contributed by atoms with Crippen molar-refractivity contribution in [2.24, 2.45) is 0 Å². The highest BCUT2D eigenvalue weighted by Crippen LogP contribution is 2.30. The first-order valence-electron chi connectivity index (χ1n) is 11.5. The molecule has 1 aliphatic heterocycles. The van der Waals surface area contributed by atoms with Gasteiger partial charge in [-0.25, -0.2) is 19.9 Å². The van der Waals surface area contributed by atoms with Gasteiger partial charge in [0, 0.05) is 24.5 Å². The SMILES string of the molecule is CCN1CCC(NC(=O)c2nc(C(C)Nc3ncnc4scnc34)cc3cccc(Cl)c23)CC1. The van der Waals surface area contributed by atoms with Crippen LogP contribution >= 0.6 is 22.9 Å². The van der Waals surface area contributed by atoms with Gasteiger partial charge in [-0.2, -0.15) is 0 Å². The predicted octanol–water partition coefficient (Wildman–Crippen LogP) is 4.68. The summed E-state index contributed by atoms with van der Waals surface area (Å²) in [6, 6.07) is 7.52. The molecule has 1 aliphatic rings. The highest BCUT2D eigenvalue weighted by molar-refractivity contribution is 7.16. The number of thiazole rings is 1. The summed E-state index contributed by atoms with van der Waals surface area (Å²) in [6.07, 6.45) is 3.38. The predicted molar refractivity (Wildman–Crippen MR) is 137 cm³/mol. The molecule has 1 saturated heterocycles. The van der Waals surface area contributed by atoms with E-state index in [4.69, 9.17) is 16.6 Å². The van der Waals surface area contributed by atoms with E-state index in [1.54, 1.807) is 11.6 Å². The van der Waals surface area contributed by atoms with Gasteiger partial charge in [0.1, 0.15) is 22.4 Å². The Balaban J connectivity index is 1.45. The van der Waals surface area contributed by atoms with Crippen LogP contribution in [-0.4, -0.2) is 56.4 Å². The maximum atomic E-state index is 13.4. The molecule has 34 heavy (non-hydrogen) atoms. The summed E-state index contributed by atoms with van der Waals surface area (Å²) in [7, 11) is 0. The van der Waals surface area contributed by atoms with Crippen LogP contribution in [0.3, 0.4) is 0 Å². The lowest BCUT2D eigenvalue weighted by atomic mass is 10.0. The number of fused-ring (bicyclic) bond motifs is 2. The number of aromatic nitrogens is 4. The monoisotopic (exact) mass is 495 g/mol. The summed E-state index contributed by atoms with van der Waals surface area (Å²) in [5.74, 6) is 0.450. The summed E-state index contributed by atoms with van der Waals surface area (Å²) >= 11 is 8.00. The first-order valence-corrected chi connectivity index (χ1v) is 12.7. The van der Waals surface area contributed by atoms with Crippen LogP contribution < -0.4 is 10.6 Å². The van der Waals surface area contributed by atoms with E-state index in [-0.39, 0.29) is 18.0 Å². The smallest absolute Gasteiger partial charge is 0.270 e. The zero-order chi connectivity index (χ0) is 23.7. The Labute approximate surface area is 206 Å². The molecule has 1 unspecified atom stereocenters. The van der Waals surface area contributed by atoms with E-state index in [0.717, 1.165) is 53.9 Å². The number of rotatable bonds is 6. The van der Waals surface area contributed by atoms with E-state index in [9.17, 15) is 4.79 Å². The molecule has 1 fully saturated rings. The lowest BCUT2D eigenvalue weighted by molar-refractivity contribution is 0.0909. The Bertz CT molecular complexity index is 1340. The van der Waals surface area contributed by atoms with Crippen LogP contribution in [0.1, 0.15) is 48.9 Å². The molecule has 1 atom stereocenters. The van der Waals surface area contributed by atoms with Gasteiger partial charge < -0.3 is 15.5 Å². The van der Waals surface area contributed by atoms with Crippen LogP contribution in [-0.2, 0) is 0 Å². The highest BCUT2D eigenvalue weighted by Gasteiger charge is 2.24. The second-order valence-electron chi connectivity index (χ2n) is 8.51. The van der Waals surface area contributed by atoms with E-state index < -0.39 is 0 Å². The van der Waals surface area contributed by atoms with E-state index >= 15 is 0 Å². The molecular formula is C24H26ClN7OS. The van der Waals surface area contributed by atoms with Crippen molar-refractivity contribution in [2.45, 2.75) is 38.8 Å². The van der Waals surface area contributed by atoms with E-state index in [0.29, 0.717) is 21.9 Å². The number of amides is 1. The number of hydrogen-bond acceptors (Lipinski definition) is 8. The lowest BCUT2D eigenvalue weighted by Crippen LogP contribution is -2.44. The average Bonchev–Trinajstić information content (AvgIpc) is 3.34. The summed E-state index contributed by atoms with van der Waals surface area (Å²) in [5, 5.41) is 8.65. The molecule has 8 nitrogen and oxygen atoms in total. The number of pyridine rings is 1. The first-order chi connectivity index (χ1) is 16.5. The fraction of sp³-hybridized carbons (Fsp3) is 0.375. The largest absolute Gasteiger partial charge is 0.360 e. The average molecular weight is 496 g/mol. The van der Waals surface area contributed by atoms with Gasteiger partial charge in [0.25, 0.3) is 5.91 Å². The number of halogens is 1. The van der Waals surface area contributed by atoms with Gasteiger partial charge >= 0.3 is 0 Å². The van der Waals surface area contributed by atoms with Crippen molar-refractivity contribution in [3.05, 3.63) is 52.5 Å². The van der Waals surface area contributed by atoms with Gasteiger partial charge in [-0.1, -0.05) is 30.7 Å². The minimum absolute atomic E-state index is 0.132. The number of anilines is 1. The van der Waals surface area contributed by atoms with Crippen molar-refractivity contribution in [1.29, 1.82) is 0 Å². The van der Waals surface area contributed by atoms with E-state index in [1.807, 2.05) is 25.1 Å². The van der Waals surface area contributed by atoms with Gasteiger partial charge in [-0.05, 0) is 43.8 Å². The number of nitrogens with zero attached hydrogens (tertiary/aromatic N) is 5. The molecule has 4 heterocycles. The molecule has 0 radical (unpaired) electrons. The maximum Gasteiger partial charge on any atom is 0.270 e. The molecule has 5 rings (SSSR count). The number of carbonyl (C=O) groups is 1. The Morgan fingerprint density at radius 2 is 2.09 bits per heavy atom. The third-order valence-electron chi connectivity index (χ3n) is 6.34. The Hall–Kier alpha value is -2.88. The molecule has 4 aromatic rings. The highest BCUT2D eigenvalue weighted by atomic mass is 35.5. The third-order valence-corrected chi connectivity index (χ3v) is 7.39. The Morgan fingerprint density at radius 1 is 1.26 bits per heavy atom. The number of hydrogen-bond donors (Lipinski definition) is 2. The lowest BCUT2D eigenvalue weighted by Gasteiger charge is -2.31. The number of benzene rings is 1. The van der Waals surface area contributed by atoms with Crippen molar-refractivity contribution < 1.29 is 4.79 Å². The summed E-state index contributed by atoms with van der Waals surface area (Å²) < 4.78 is 0. The molecule has 0 spiro atoms. The van der Waals surface area contributed by atoms with Crippen LogP contribution in [0.25, 0.3) is 21.1 Å². The van der Waals surface area contributed by atoms with Crippen LogP contribution in [0.5, 0.6) is 0 Å². The van der Waals surface area contributed by atoms with Gasteiger partial charge in [-0.3, -0.25) is 4.79 Å². The molecule has 10 heteroatoms. The van der Waals surface area contributed by atoms with E-state index in [1.165, 1.54) is 17.7 Å². The fourth-order valence-corrected chi connectivity index (χ4v) is 5.30. The van der Waals surface area contributed by atoms with Crippen LogP contribution in [0.15, 0.2) is 36.1 Å². The fourth-order valence-electron chi connectivity index (χ4n) is 4.40. The molecule has 1 aromatic carbocycles. The zero-order valence-electron chi connectivity index (χ0n) is 19.1. The number of carbonyl (C=O) groups excluding carboxylic acids is 1. The molecule has 1 amide bonds. The third kappa shape index (κ3) is 4.55. The summed E-state index contributed by atoms with van der Waals surface area (Å²) in [6.45, 7) is 7.16. The summed E-state index contributed by atoms with van der Waals surface area (Å²) in [4.78, 5) is 34.4. The molecular weight excluding hydrogens is 470 g/mol. The normalized spacial score (nSPS) is 16.1. The van der Waals surface area contributed by atoms with Crippen molar-refractivity contribution in [3.63, 3.8) is 0 Å².